The van der Waals surface area contributed by atoms with E-state index in [2.05, 4.69) is 34.1 Å². The van der Waals surface area contributed by atoms with Gasteiger partial charge in [-0.1, -0.05) is 34.1 Å². The van der Waals surface area contributed by atoms with Gasteiger partial charge >= 0.3 is 6.09 Å². The van der Waals surface area contributed by atoms with Gasteiger partial charge in [0.2, 0.25) is 0 Å². The Balaban J connectivity index is 1.99. The van der Waals surface area contributed by atoms with Crippen molar-refractivity contribution >= 4 is 27.6 Å². The smallest absolute Gasteiger partial charge is 0.410 e. The van der Waals surface area contributed by atoms with Crippen molar-refractivity contribution < 1.29 is 9.53 Å². The highest BCUT2D eigenvalue weighted by Crippen LogP contribution is 2.24. The number of benzene rings is 1. The molecule has 0 bridgehead atoms. The fourth-order valence-corrected chi connectivity index (χ4v) is 2.16. The van der Waals surface area contributed by atoms with Crippen LogP contribution in [-0.4, -0.2) is 29.7 Å². The van der Waals surface area contributed by atoms with E-state index in [-0.39, 0.29) is 6.09 Å². The van der Waals surface area contributed by atoms with Gasteiger partial charge in [0, 0.05) is 17.6 Å². The first kappa shape index (κ1) is 14.1. The number of ether oxygens (including phenoxy) is 1. The van der Waals surface area contributed by atoms with E-state index in [1.807, 2.05) is 32.9 Å². The summed E-state index contributed by atoms with van der Waals surface area (Å²) in [6.45, 7) is 6.86. The first-order valence-corrected chi connectivity index (χ1v) is 7.07. The Labute approximate surface area is 122 Å². The summed E-state index contributed by atoms with van der Waals surface area (Å²) >= 11 is 3.42. The predicted octanol–water partition coefficient (Wildman–Crippen LogP) is 4.08. The third-order valence-corrected chi connectivity index (χ3v) is 3.31. The quantitative estimate of drug-likeness (QED) is 0.779. The number of hydrogen-bond acceptors (Lipinski definition) is 2. The maximum Gasteiger partial charge on any atom is 0.410 e. The number of nitrogens with zero attached hydrogens (tertiary/aromatic N) is 1. The molecule has 1 amide bonds. The van der Waals surface area contributed by atoms with Crippen LogP contribution < -0.4 is 0 Å². The second-order valence-electron chi connectivity index (χ2n) is 5.60. The highest BCUT2D eigenvalue weighted by molar-refractivity contribution is 9.10. The van der Waals surface area contributed by atoms with Crippen molar-refractivity contribution in [1.82, 2.24) is 4.90 Å². The van der Waals surface area contributed by atoms with Crippen LogP contribution in [0.15, 0.2) is 34.8 Å². The minimum absolute atomic E-state index is 0.254. The molecule has 0 atom stereocenters. The molecular formula is C15H18BrNO2. The van der Waals surface area contributed by atoms with E-state index in [0.717, 1.165) is 10.0 Å². The van der Waals surface area contributed by atoms with E-state index in [9.17, 15) is 4.79 Å². The Morgan fingerprint density at radius 2 is 1.89 bits per heavy atom. The Morgan fingerprint density at radius 3 is 2.47 bits per heavy atom. The molecule has 1 aromatic carbocycles. The molecule has 3 nitrogen and oxygen atoms in total. The number of rotatable bonds is 1. The molecule has 0 fully saturated rings. The van der Waals surface area contributed by atoms with E-state index >= 15 is 0 Å². The molecule has 2 rings (SSSR count). The van der Waals surface area contributed by atoms with Crippen LogP contribution >= 0.6 is 15.9 Å². The standard InChI is InChI=1S/C15H18BrNO2/c1-15(2,3)19-14(18)17-9-8-12(10-17)11-4-6-13(16)7-5-11/h4-8H,9-10H2,1-3H3. The summed E-state index contributed by atoms with van der Waals surface area (Å²) in [7, 11) is 0. The van der Waals surface area contributed by atoms with Crippen molar-refractivity contribution in [2.24, 2.45) is 0 Å². The van der Waals surface area contributed by atoms with Gasteiger partial charge in [0.25, 0.3) is 0 Å². The Kier molecular flexibility index (Phi) is 3.99. The van der Waals surface area contributed by atoms with Crippen molar-refractivity contribution in [2.45, 2.75) is 26.4 Å². The SMILES string of the molecule is CC(C)(C)OC(=O)N1CC=C(c2ccc(Br)cc2)C1. The molecule has 1 heterocycles. The highest BCUT2D eigenvalue weighted by atomic mass is 79.9. The normalized spacial score (nSPS) is 15.4. The summed E-state index contributed by atoms with van der Waals surface area (Å²) in [5.74, 6) is 0. The third-order valence-electron chi connectivity index (χ3n) is 2.79. The van der Waals surface area contributed by atoms with Gasteiger partial charge in [-0.05, 0) is 44.0 Å². The second kappa shape index (κ2) is 5.37. The first-order valence-electron chi connectivity index (χ1n) is 6.28. The molecule has 0 spiro atoms. The zero-order valence-electron chi connectivity index (χ0n) is 11.4. The topological polar surface area (TPSA) is 29.5 Å². The maximum absolute atomic E-state index is 12.0. The van der Waals surface area contributed by atoms with Crippen LogP contribution in [0, 0.1) is 0 Å². The van der Waals surface area contributed by atoms with E-state index in [4.69, 9.17) is 4.74 Å². The molecule has 0 saturated carbocycles. The van der Waals surface area contributed by atoms with Gasteiger partial charge in [0.1, 0.15) is 5.60 Å². The molecule has 0 aromatic heterocycles. The van der Waals surface area contributed by atoms with Crippen LogP contribution in [0.3, 0.4) is 0 Å². The summed E-state index contributed by atoms with van der Waals surface area (Å²) in [4.78, 5) is 13.7. The minimum Gasteiger partial charge on any atom is -0.444 e. The average molecular weight is 324 g/mol. The molecule has 1 aliphatic rings. The van der Waals surface area contributed by atoms with Crippen LogP contribution in [0.5, 0.6) is 0 Å². The number of hydrogen-bond donors (Lipinski definition) is 0. The van der Waals surface area contributed by atoms with Gasteiger partial charge in [-0.2, -0.15) is 0 Å². The maximum atomic E-state index is 12.0. The monoisotopic (exact) mass is 323 g/mol. The van der Waals surface area contributed by atoms with Crippen LogP contribution in [-0.2, 0) is 4.74 Å². The summed E-state index contributed by atoms with van der Waals surface area (Å²) in [6.07, 6.45) is 1.82. The van der Waals surface area contributed by atoms with Gasteiger partial charge in [-0.3, -0.25) is 0 Å². The lowest BCUT2D eigenvalue weighted by atomic mass is 10.1. The number of carbonyl (C=O) groups excluding carboxylic acids is 1. The molecule has 0 saturated heterocycles. The molecule has 1 aromatic rings. The Hall–Kier alpha value is -1.29. The lowest BCUT2D eigenvalue weighted by Crippen LogP contribution is -2.35. The fourth-order valence-electron chi connectivity index (χ4n) is 1.89. The molecular weight excluding hydrogens is 306 g/mol. The molecule has 1 aliphatic heterocycles. The van der Waals surface area contributed by atoms with Crippen LogP contribution in [0.4, 0.5) is 4.79 Å². The molecule has 0 N–H and O–H groups in total. The average Bonchev–Trinajstić information content (AvgIpc) is 2.77. The number of halogens is 1. The Bertz CT molecular complexity index is 500. The van der Waals surface area contributed by atoms with Gasteiger partial charge < -0.3 is 9.64 Å². The third kappa shape index (κ3) is 3.83. The van der Waals surface area contributed by atoms with E-state index < -0.39 is 5.60 Å². The first-order chi connectivity index (χ1) is 8.85. The molecule has 19 heavy (non-hydrogen) atoms. The highest BCUT2D eigenvalue weighted by Gasteiger charge is 2.25. The van der Waals surface area contributed by atoms with Crippen LogP contribution in [0.2, 0.25) is 0 Å². The van der Waals surface area contributed by atoms with E-state index in [1.165, 1.54) is 5.57 Å². The molecule has 102 valence electrons. The summed E-state index contributed by atoms with van der Waals surface area (Å²) in [5, 5.41) is 0. The lowest BCUT2D eigenvalue weighted by molar-refractivity contribution is 0.0306. The van der Waals surface area contributed by atoms with Crippen molar-refractivity contribution in [3.8, 4) is 0 Å². The summed E-state index contributed by atoms with van der Waals surface area (Å²) < 4.78 is 6.43. The molecule has 4 heteroatoms. The number of amides is 1. The van der Waals surface area contributed by atoms with Crippen molar-refractivity contribution in [2.75, 3.05) is 13.1 Å². The summed E-state index contributed by atoms with van der Waals surface area (Å²) in [5.41, 5.74) is 1.87. The van der Waals surface area contributed by atoms with Crippen LogP contribution in [0.25, 0.3) is 5.57 Å². The fraction of sp³-hybridized carbons (Fsp3) is 0.400. The zero-order valence-corrected chi connectivity index (χ0v) is 13.0. The van der Waals surface area contributed by atoms with Crippen LogP contribution in [0.1, 0.15) is 26.3 Å². The minimum atomic E-state index is -0.447. The van der Waals surface area contributed by atoms with Gasteiger partial charge in [0.05, 0.1) is 0 Å². The second-order valence-corrected chi connectivity index (χ2v) is 6.51. The zero-order chi connectivity index (χ0) is 14.0. The van der Waals surface area contributed by atoms with E-state index in [1.54, 1.807) is 4.90 Å². The molecule has 0 radical (unpaired) electrons. The largest absolute Gasteiger partial charge is 0.444 e. The van der Waals surface area contributed by atoms with Gasteiger partial charge in [-0.25, -0.2) is 4.79 Å². The lowest BCUT2D eigenvalue weighted by Gasteiger charge is -2.24. The van der Waals surface area contributed by atoms with Crippen molar-refractivity contribution in [3.63, 3.8) is 0 Å². The predicted molar refractivity (Wildman–Crippen MR) is 79.9 cm³/mol. The summed E-state index contributed by atoms with van der Waals surface area (Å²) in [6, 6.07) is 8.11. The van der Waals surface area contributed by atoms with Gasteiger partial charge in [-0.15, -0.1) is 0 Å². The Morgan fingerprint density at radius 1 is 1.26 bits per heavy atom. The van der Waals surface area contributed by atoms with E-state index in [0.29, 0.717) is 13.1 Å². The number of carbonyl (C=O) groups is 1. The van der Waals surface area contributed by atoms with Crippen molar-refractivity contribution in [3.05, 3.63) is 40.4 Å². The molecule has 0 unspecified atom stereocenters. The van der Waals surface area contributed by atoms with Gasteiger partial charge in [0.15, 0.2) is 0 Å². The molecule has 0 aliphatic carbocycles. The van der Waals surface area contributed by atoms with Crippen molar-refractivity contribution in [1.29, 1.82) is 0 Å².